The van der Waals surface area contributed by atoms with E-state index in [2.05, 4.69) is 29.8 Å². The van der Waals surface area contributed by atoms with Gasteiger partial charge in [0.05, 0.1) is 11.2 Å². The third-order valence-electron chi connectivity index (χ3n) is 3.87. The van der Waals surface area contributed by atoms with Gasteiger partial charge in [-0.05, 0) is 76.0 Å². The molecule has 0 amide bonds. The molecule has 1 aromatic carbocycles. The third kappa shape index (κ3) is 2.91. The molecule has 0 saturated carbocycles. The topological polar surface area (TPSA) is 34.4 Å². The summed E-state index contributed by atoms with van der Waals surface area (Å²) in [6, 6.07) is 10.2. The second-order valence-corrected chi connectivity index (χ2v) is 6.60. The Balaban J connectivity index is 2.41. The molecule has 0 saturated heterocycles. The van der Waals surface area contributed by atoms with Crippen LogP contribution in [0.15, 0.2) is 47.1 Å². The van der Waals surface area contributed by atoms with Gasteiger partial charge in [-0.25, -0.2) is 8.91 Å². The largest absolute Gasteiger partial charge is 0.299 e. The van der Waals surface area contributed by atoms with Crippen LogP contribution in [0.2, 0.25) is 0 Å². The Morgan fingerprint density at radius 1 is 1.17 bits per heavy atom. The standard InChI is InChI=1S/C19H16BrFN2O/c1-12(2)18-15(4-3-11-24)19(13-5-7-14(21)8-6-13)22-23-16(18)9-10-17(23)20/h3-12H,1-2H3. The maximum Gasteiger partial charge on any atom is 0.142 e. The zero-order valence-electron chi connectivity index (χ0n) is 13.3. The molecule has 0 bridgehead atoms. The Kier molecular flexibility index (Phi) is 4.62. The summed E-state index contributed by atoms with van der Waals surface area (Å²) in [6.45, 7) is 4.20. The number of fused-ring (bicyclic) bond motifs is 1. The summed E-state index contributed by atoms with van der Waals surface area (Å²) in [7, 11) is 0. The minimum absolute atomic E-state index is 0.225. The van der Waals surface area contributed by atoms with Crippen molar-refractivity contribution >= 4 is 33.8 Å². The molecule has 0 radical (unpaired) electrons. The van der Waals surface area contributed by atoms with Gasteiger partial charge in [-0.15, -0.1) is 0 Å². The minimum Gasteiger partial charge on any atom is -0.299 e. The summed E-state index contributed by atoms with van der Waals surface area (Å²) < 4.78 is 16.0. The number of benzene rings is 1. The van der Waals surface area contributed by atoms with Crippen LogP contribution in [0.4, 0.5) is 4.39 Å². The second-order valence-electron chi connectivity index (χ2n) is 5.79. The average molecular weight is 387 g/mol. The van der Waals surface area contributed by atoms with Gasteiger partial charge >= 0.3 is 0 Å². The van der Waals surface area contributed by atoms with E-state index in [1.54, 1.807) is 18.2 Å². The van der Waals surface area contributed by atoms with Crippen molar-refractivity contribution in [3.63, 3.8) is 0 Å². The maximum absolute atomic E-state index is 13.3. The van der Waals surface area contributed by atoms with E-state index < -0.39 is 0 Å². The molecule has 0 N–H and O–H groups in total. The zero-order chi connectivity index (χ0) is 17.3. The van der Waals surface area contributed by atoms with E-state index in [1.165, 1.54) is 18.2 Å². The van der Waals surface area contributed by atoms with Gasteiger partial charge in [0, 0.05) is 11.1 Å². The van der Waals surface area contributed by atoms with Crippen LogP contribution in [-0.2, 0) is 4.79 Å². The fourth-order valence-corrected chi connectivity index (χ4v) is 3.26. The molecule has 3 rings (SSSR count). The van der Waals surface area contributed by atoms with Gasteiger partial charge in [0.1, 0.15) is 16.7 Å². The van der Waals surface area contributed by atoms with Crippen molar-refractivity contribution in [2.24, 2.45) is 0 Å². The number of aldehydes is 1. The number of allylic oxidation sites excluding steroid dienone is 1. The Morgan fingerprint density at radius 2 is 1.88 bits per heavy atom. The van der Waals surface area contributed by atoms with Gasteiger partial charge in [-0.1, -0.05) is 13.8 Å². The van der Waals surface area contributed by atoms with Crippen molar-refractivity contribution < 1.29 is 9.18 Å². The second kappa shape index (κ2) is 6.69. The van der Waals surface area contributed by atoms with Crippen molar-refractivity contribution in [2.75, 3.05) is 0 Å². The van der Waals surface area contributed by atoms with Crippen molar-refractivity contribution in [3.05, 3.63) is 64.0 Å². The molecule has 0 spiro atoms. The van der Waals surface area contributed by atoms with Gasteiger partial charge in [0.15, 0.2) is 0 Å². The number of rotatable bonds is 4. The Labute approximate surface area is 147 Å². The molecule has 0 fully saturated rings. The number of nitrogens with zero attached hydrogens (tertiary/aromatic N) is 2. The number of aromatic nitrogens is 2. The highest BCUT2D eigenvalue weighted by Gasteiger charge is 2.18. The van der Waals surface area contributed by atoms with Gasteiger partial charge in [-0.3, -0.25) is 4.79 Å². The number of hydrogen-bond acceptors (Lipinski definition) is 2. The van der Waals surface area contributed by atoms with Crippen LogP contribution in [0.25, 0.3) is 22.9 Å². The molecule has 3 nitrogen and oxygen atoms in total. The summed E-state index contributed by atoms with van der Waals surface area (Å²) in [5, 5.41) is 4.71. The zero-order valence-corrected chi connectivity index (χ0v) is 14.9. The summed E-state index contributed by atoms with van der Waals surface area (Å²) in [5.41, 5.74) is 4.45. The molecular weight excluding hydrogens is 371 g/mol. The fourth-order valence-electron chi connectivity index (χ4n) is 2.86. The molecule has 0 aliphatic carbocycles. The third-order valence-corrected chi connectivity index (χ3v) is 4.47. The van der Waals surface area contributed by atoms with E-state index in [4.69, 9.17) is 5.10 Å². The molecule has 3 aromatic rings. The number of carbonyl (C=O) groups excluding carboxylic acids is 1. The lowest BCUT2D eigenvalue weighted by Crippen LogP contribution is -2.05. The SMILES string of the molecule is CC(C)c1c(C=CC=O)c(-c2ccc(F)cc2)nn2c(Br)ccc12. The molecule has 24 heavy (non-hydrogen) atoms. The normalized spacial score (nSPS) is 11.7. The Morgan fingerprint density at radius 3 is 2.50 bits per heavy atom. The molecular formula is C19H16BrFN2O. The van der Waals surface area contributed by atoms with Gasteiger partial charge < -0.3 is 0 Å². The van der Waals surface area contributed by atoms with Crippen molar-refractivity contribution in [1.82, 2.24) is 9.61 Å². The van der Waals surface area contributed by atoms with E-state index in [1.807, 2.05) is 16.6 Å². The summed E-state index contributed by atoms with van der Waals surface area (Å²) in [6.07, 6.45) is 3.98. The van der Waals surface area contributed by atoms with Crippen molar-refractivity contribution in [2.45, 2.75) is 19.8 Å². The highest BCUT2D eigenvalue weighted by molar-refractivity contribution is 9.10. The van der Waals surface area contributed by atoms with E-state index in [-0.39, 0.29) is 11.7 Å². The monoisotopic (exact) mass is 386 g/mol. The highest BCUT2D eigenvalue weighted by Crippen LogP contribution is 2.34. The smallest absolute Gasteiger partial charge is 0.142 e. The molecule has 0 aliphatic rings. The first kappa shape index (κ1) is 16.6. The number of carbonyl (C=O) groups is 1. The van der Waals surface area contributed by atoms with Crippen LogP contribution < -0.4 is 0 Å². The fraction of sp³-hybridized carbons (Fsp3) is 0.158. The number of hydrogen-bond donors (Lipinski definition) is 0. The van der Waals surface area contributed by atoms with E-state index in [0.717, 1.165) is 33.1 Å². The van der Waals surface area contributed by atoms with Gasteiger partial charge in [0.25, 0.3) is 0 Å². The summed E-state index contributed by atoms with van der Waals surface area (Å²) in [5.74, 6) is -0.0705. The Hall–Kier alpha value is -2.27. The summed E-state index contributed by atoms with van der Waals surface area (Å²) >= 11 is 3.51. The van der Waals surface area contributed by atoms with Gasteiger partial charge in [-0.2, -0.15) is 5.10 Å². The van der Waals surface area contributed by atoms with Crippen LogP contribution in [0.1, 0.15) is 30.9 Å². The maximum atomic E-state index is 13.3. The average Bonchev–Trinajstić information content (AvgIpc) is 2.93. The van der Waals surface area contributed by atoms with E-state index in [0.29, 0.717) is 5.69 Å². The van der Waals surface area contributed by atoms with E-state index >= 15 is 0 Å². The minimum atomic E-state index is -0.295. The predicted octanol–water partition coefficient (Wildman–Crippen LogP) is 5.24. The molecule has 0 unspecified atom stereocenters. The molecule has 2 heterocycles. The first-order valence-corrected chi connectivity index (χ1v) is 8.41. The van der Waals surface area contributed by atoms with E-state index in [9.17, 15) is 9.18 Å². The van der Waals surface area contributed by atoms with Crippen LogP contribution in [0.3, 0.4) is 0 Å². The Bertz CT molecular complexity index is 927. The first-order valence-electron chi connectivity index (χ1n) is 7.62. The molecule has 5 heteroatoms. The summed E-state index contributed by atoms with van der Waals surface area (Å²) in [4.78, 5) is 10.8. The van der Waals surface area contributed by atoms with Crippen LogP contribution in [0, 0.1) is 5.82 Å². The molecule has 2 aromatic heterocycles. The molecule has 122 valence electrons. The lowest BCUT2D eigenvalue weighted by atomic mass is 9.93. The molecule has 0 atom stereocenters. The number of halogens is 2. The van der Waals surface area contributed by atoms with Crippen LogP contribution >= 0.6 is 15.9 Å². The van der Waals surface area contributed by atoms with Crippen LogP contribution in [-0.4, -0.2) is 15.9 Å². The lowest BCUT2D eigenvalue weighted by Gasteiger charge is -2.17. The molecule has 0 aliphatic heterocycles. The van der Waals surface area contributed by atoms with Crippen molar-refractivity contribution in [1.29, 1.82) is 0 Å². The van der Waals surface area contributed by atoms with Crippen molar-refractivity contribution in [3.8, 4) is 11.3 Å². The van der Waals surface area contributed by atoms with Crippen LogP contribution in [0.5, 0.6) is 0 Å². The van der Waals surface area contributed by atoms with Gasteiger partial charge in [0.2, 0.25) is 0 Å². The highest BCUT2D eigenvalue weighted by atomic mass is 79.9. The first-order chi connectivity index (χ1) is 11.5. The lowest BCUT2D eigenvalue weighted by molar-refractivity contribution is -0.104. The quantitative estimate of drug-likeness (QED) is 0.453. The predicted molar refractivity (Wildman–Crippen MR) is 97.5 cm³/mol.